The number of nitro benzene ring substituents is 1. The lowest BCUT2D eigenvalue weighted by molar-refractivity contribution is -0.384. The SMILES string of the molecule is C#CC(CCC)Nc1ccc([N+](=O)[O-])cc1C(=O)O. The second-order valence-electron chi connectivity index (χ2n) is 3.94. The molecular formula is C13H14N2O4. The summed E-state index contributed by atoms with van der Waals surface area (Å²) in [5.41, 5.74) is -0.143. The van der Waals surface area contributed by atoms with Crippen LogP contribution in [-0.4, -0.2) is 22.0 Å². The zero-order valence-corrected chi connectivity index (χ0v) is 10.4. The van der Waals surface area contributed by atoms with Crippen molar-refractivity contribution in [2.24, 2.45) is 0 Å². The molecule has 0 saturated carbocycles. The Balaban J connectivity index is 3.10. The van der Waals surface area contributed by atoms with E-state index in [1.54, 1.807) is 0 Å². The number of nitrogens with one attached hydrogen (secondary N) is 1. The van der Waals surface area contributed by atoms with E-state index in [1.807, 2.05) is 6.92 Å². The van der Waals surface area contributed by atoms with E-state index in [0.29, 0.717) is 6.42 Å². The maximum absolute atomic E-state index is 11.1. The molecule has 0 spiro atoms. The van der Waals surface area contributed by atoms with Gasteiger partial charge in [0.05, 0.1) is 22.2 Å². The number of carbonyl (C=O) groups is 1. The summed E-state index contributed by atoms with van der Waals surface area (Å²) in [7, 11) is 0. The van der Waals surface area contributed by atoms with E-state index >= 15 is 0 Å². The highest BCUT2D eigenvalue weighted by molar-refractivity contribution is 5.95. The first kappa shape index (κ1) is 14.5. The maximum Gasteiger partial charge on any atom is 0.338 e. The Morgan fingerprint density at radius 1 is 1.63 bits per heavy atom. The van der Waals surface area contributed by atoms with Crippen LogP contribution in [0.3, 0.4) is 0 Å². The van der Waals surface area contributed by atoms with Gasteiger partial charge in [-0.3, -0.25) is 10.1 Å². The number of hydrogen-bond donors (Lipinski definition) is 2. The second kappa shape index (κ2) is 6.40. The number of terminal acetylenes is 1. The molecule has 0 saturated heterocycles. The van der Waals surface area contributed by atoms with Gasteiger partial charge in [0.15, 0.2) is 0 Å². The minimum atomic E-state index is -1.24. The topological polar surface area (TPSA) is 92.5 Å². The maximum atomic E-state index is 11.1. The number of benzene rings is 1. The van der Waals surface area contributed by atoms with Crippen LogP contribution in [0, 0.1) is 22.5 Å². The molecule has 19 heavy (non-hydrogen) atoms. The Morgan fingerprint density at radius 2 is 2.32 bits per heavy atom. The quantitative estimate of drug-likeness (QED) is 0.467. The summed E-state index contributed by atoms with van der Waals surface area (Å²) in [6.45, 7) is 1.96. The standard InChI is InChI=1S/C13H14N2O4/c1-3-5-9(4-2)14-12-7-6-10(15(18)19)8-11(12)13(16)17/h2,6-9,14H,3,5H2,1H3,(H,16,17). The third-order valence-electron chi connectivity index (χ3n) is 2.55. The van der Waals surface area contributed by atoms with Crippen LogP contribution < -0.4 is 5.32 Å². The average Bonchev–Trinajstić information content (AvgIpc) is 2.37. The van der Waals surface area contributed by atoms with E-state index in [4.69, 9.17) is 11.5 Å². The molecule has 0 aliphatic heterocycles. The third-order valence-corrected chi connectivity index (χ3v) is 2.55. The molecule has 0 bridgehead atoms. The smallest absolute Gasteiger partial charge is 0.338 e. The van der Waals surface area contributed by atoms with Crippen LogP contribution in [0.5, 0.6) is 0 Å². The Morgan fingerprint density at radius 3 is 2.79 bits per heavy atom. The second-order valence-corrected chi connectivity index (χ2v) is 3.94. The number of non-ortho nitro benzene ring substituents is 1. The highest BCUT2D eigenvalue weighted by Crippen LogP contribution is 2.23. The predicted octanol–water partition coefficient (Wildman–Crippen LogP) is 2.51. The molecule has 1 rings (SSSR count). The molecule has 1 aromatic rings. The van der Waals surface area contributed by atoms with Crippen molar-refractivity contribution < 1.29 is 14.8 Å². The van der Waals surface area contributed by atoms with Gasteiger partial charge in [-0.25, -0.2) is 4.79 Å². The van der Waals surface area contributed by atoms with Crippen molar-refractivity contribution in [3.05, 3.63) is 33.9 Å². The van der Waals surface area contributed by atoms with Gasteiger partial charge in [0.1, 0.15) is 0 Å². The lowest BCUT2D eigenvalue weighted by atomic mass is 10.1. The summed E-state index contributed by atoms with van der Waals surface area (Å²) in [4.78, 5) is 21.1. The lowest BCUT2D eigenvalue weighted by Gasteiger charge is -2.15. The Bertz CT molecular complexity index is 534. The Hall–Kier alpha value is -2.55. The van der Waals surface area contributed by atoms with Crippen LogP contribution in [0.2, 0.25) is 0 Å². The number of anilines is 1. The number of aromatic carboxylic acids is 1. The largest absolute Gasteiger partial charge is 0.478 e. The first-order valence-electron chi connectivity index (χ1n) is 5.74. The molecule has 0 heterocycles. The van der Waals surface area contributed by atoms with E-state index in [2.05, 4.69) is 11.2 Å². The van der Waals surface area contributed by atoms with Crippen LogP contribution in [0.1, 0.15) is 30.1 Å². The predicted molar refractivity (Wildman–Crippen MR) is 71.2 cm³/mol. The van der Waals surface area contributed by atoms with Crippen LogP contribution in [-0.2, 0) is 0 Å². The highest BCUT2D eigenvalue weighted by atomic mass is 16.6. The van der Waals surface area contributed by atoms with Crippen molar-refractivity contribution in [1.82, 2.24) is 0 Å². The van der Waals surface area contributed by atoms with Crippen LogP contribution in [0.15, 0.2) is 18.2 Å². The first-order chi connectivity index (χ1) is 8.99. The van der Waals surface area contributed by atoms with Crippen LogP contribution in [0.25, 0.3) is 0 Å². The molecular weight excluding hydrogens is 248 g/mol. The van der Waals surface area contributed by atoms with Crippen LogP contribution in [0.4, 0.5) is 11.4 Å². The summed E-state index contributed by atoms with van der Waals surface area (Å²) < 4.78 is 0. The molecule has 2 N–H and O–H groups in total. The van der Waals surface area contributed by atoms with Crippen molar-refractivity contribution >= 4 is 17.3 Å². The minimum Gasteiger partial charge on any atom is -0.478 e. The van der Waals surface area contributed by atoms with Crippen molar-refractivity contribution in [2.45, 2.75) is 25.8 Å². The van der Waals surface area contributed by atoms with E-state index in [0.717, 1.165) is 12.5 Å². The summed E-state index contributed by atoms with van der Waals surface area (Å²) in [6.07, 6.45) is 6.87. The molecule has 100 valence electrons. The summed E-state index contributed by atoms with van der Waals surface area (Å²) in [5, 5.41) is 22.6. The molecule has 6 heteroatoms. The van der Waals surface area contributed by atoms with Gasteiger partial charge in [0.25, 0.3) is 5.69 Å². The molecule has 1 aromatic carbocycles. The molecule has 1 atom stereocenters. The molecule has 0 aliphatic rings. The monoisotopic (exact) mass is 262 g/mol. The molecule has 0 aliphatic carbocycles. The third kappa shape index (κ3) is 3.71. The first-order valence-corrected chi connectivity index (χ1v) is 5.74. The number of hydrogen-bond acceptors (Lipinski definition) is 4. The van der Waals surface area contributed by atoms with Crippen molar-refractivity contribution in [3.63, 3.8) is 0 Å². The van der Waals surface area contributed by atoms with E-state index in [-0.39, 0.29) is 23.0 Å². The fraction of sp³-hybridized carbons (Fsp3) is 0.308. The Kier molecular flexibility index (Phi) is 4.89. The molecule has 1 unspecified atom stereocenters. The fourth-order valence-corrected chi connectivity index (χ4v) is 1.62. The van der Waals surface area contributed by atoms with Gasteiger partial charge in [0.2, 0.25) is 0 Å². The van der Waals surface area contributed by atoms with Crippen molar-refractivity contribution in [3.8, 4) is 12.3 Å². The zero-order valence-electron chi connectivity index (χ0n) is 10.4. The van der Waals surface area contributed by atoms with Crippen molar-refractivity contribution in [2.75, 3.05) is 5.32 Å². The number of nitro groups is 1. The lowest BCUT2D eigenvalue weighted by Crippen LogP contribution is -2.18. The van der Waals surface area contributed by atoms with Gasteiger partial charge in [-0.2, -0.15) is 0 Å². The summed E-state index contributed by atoms with van der Waals surface area (Å²) >= 11 is 0. The summed E-state index contributed by atoms with van der Waals surface area (Å²) in [6, 6.07) is 3.32. The normalized spacial score (nSPS) is 11.4. The van der Waals surface area contributed by atoms with Gasteiger partial charge < -0.3 is 10.4 Å². The van der Waals surface area contributed by atoms with E-state index < -0.39 is 10.9 Å². The number of rotatable bonds is 6. The highest BCUT2D eigenvalue weighted by Gasteiger charge is 2.17. The fourth-order valence-electron chi connectivity index (χ4n) is 1.62. The molecule has 0 amide bonds. The Labute approximate surface area is 110 Å². The van der Waals surface area contributed by atoms with Gasteiger partial charge >= 0.3 is 5.97 Å². The number of carboxylic acid groups (broad SMARTS) is 1. The average molecular weight is 262 g/mol. The number of carboxylic acids is 1. The molecule has 0 fully saturated rings. The summed E-state index contributed by atoms with van der Waals surface area (Å²) in [5.74, 6) is 1.28. The van der Waals surface area contributed by atoms with Crippen LogP contribution >= 0.6 is 0 Å². The molecule has 0 aromatic heterocycles. The van der Waals surface area contributed by atoms with Gasteiger partial charge in [-0.05, 0) is 12.5 Å². The minimum absolute atomic E-state index is 0.162. The van der Waals surface area contributed by atoms with E-state index in [9.17, 15) is 14.9 Å². The van der Waals surface area contributed by atoms with E-state index in [1.165, 1.54) is 12.1 Å². The molecule has 6 nitrogen and oxygen atoms in total. The number of nitrogens with zero attached hydrogens (tertiary/aromatic N) is 1. The molecule has 0 radical (unpaired) electrons. The zero-order chi connectivity index (χ0) is 14.4. The van der Waals surface area contributed by atoms with Crippen molar-refractivity contribution in [1.29, 1.82) is 0 Å². The van der Waals surface area contributed by atoms with Gasteiger partial charge in [-0.1, -0.05) is 19.3 Å². The van der Waals surface area contributed by atoms with Gasteiger partial charge in [0, 0.05) is 12.1 Å². The van der Waals surface area contributed by atoms with Gasteiger partial charge in [-0.15, -0.1) is 6.42 Å².